The van der Waals surface area contributed by atoms with Crippen LogP contribution in [0.4, 0.5) is 5.69 Å². The van der Waals surface area contributed by atoms with Crippen molar-refractivity contribution in [2.75, 3.05) is 25.6 Å². The number of hydrogen-bond donors (Lipinski definition) is 4. The van der Waals surface area contributed by atoms with Gasteiger partial charge in [-0.05, 0) is 36.6 Å². The van der Waals surface area contributed by atoms with Gasteiger partial charge in [0.25, 0.3) is 0 Å². The summed E-state index contributed by atoms with van der Waals surface area (Å²) in [5.74, 6) is -3.45. The Morgan fingerprint density at radius 2 is 1.91 bits per heavy atom. The second kappa shape index (κ2) is 8.26. The van der Waals surface area contributed by atoms with E-state index in [1.54, 1.807) is 31.4 Å². The van der Waals surface area contributed by atoms with E-state index in [2.05, 4.69) is 10.6 Å². The molecule has 0 radical (unpaired) electrons. The highest BCUT2D eigenvalue weighted by atomic mass is 35.5. The Bertz CT molecular complexity index is 1200. The lowest BCUT2D eigenvalue weighted by atomic mass is 9.76. The Balaban J connectivity index is 1.58. The average molecular weight is 486 g/mol. The number of carbonyl (C=O) groups excluding carboxylic acids is 3. The van der Waals surface area contributed by atoms with Crippen LogP contribution in [0, 0.1) is 11.8 Å². The zero-order valence-corrected chi connectivity index (χ0v) is 19.1. The van der Waals surface area contributed by atoms with Gasteiger partial charge in [-0.3, -0.25) is 24.6 Å². The van der Waals surface area contributed by atoms with Gasteiger partial charge in [0.1, 0.15) is 5.54 Å². The molecule has 4 N–H and O–H groups in total. The third-order valence-electron chi connectivity index (χ3n) is 7.02. The van der Waals surface area contributed by atoms with Gasteiger partial charge in [0.15, 0.2) is 11.5 Å². The molecule has 0 saturated carbocycles. The number of para-hydroxylation sites is 1. The second-order valence-electron chi connectivity index (χ2n) is 8.88. The molecule has 2 saturated heterocycles. The molecule has 2 aromatic carbocycles. The van der Waals surface area contributed by atoms with Crippen molar-refractivity contribution in [3.8, 4) is 11.5 Å². The molecule has 3 amide bonds. The van der Waals surface area contributed by atoms with Crippen LogP contribution in [0.25, 0.3) is 0 Å². The maximum atomic E-state index is 13.6. The molecule has 5 rings (SSSR count). The van der Waals surface area contributed by atoms with E-state index in [9.17, 15) is 24.6 Å². The zero-order valence-electron chi connectivity index (χ0n) is 18.4. The van der Waals surface area contributed by atoms with Crippen LogP contribution in [0.3, 0.4) is 0 Å². The van der Waals surface area contributed by atoms with Crippen LogP contribution in [-0.4, -0.2) is 59.1 Å². The first-order valence-corrected chi connectivity index (χ1v) is 11.4. The van der Waals surface area contributed by atoms with E-state index in [0.29, 0.717) is 34.9 Å². The van der Waals surface area contributed by atoms with Gasteiger partial charge >= 0.3 is 0 Å². The van der Waals surface area contributed by atoms with Crippen LogP contribution < -0.4 is 10.6 Å². The van der Waals surface area contributed by atoms with E-state index in [0.717, 1.165) is 0 Å². The van der Waals surface area contributed by atoms with Crippen LogP contribution in [0.15, 0.2) is 36.4 Å². The molecular weight excluding hydrogens is 462 g/mol. The van der Waals surface area contributed by atoms with Gasteiger partial charge in [-0.25, -0.2) is 0 Å². The Kier molecular flexibility index (Phi) is 5.50. The molecule has 34 heavy (non-hydrogen) atoms. The van der Waals surface area contributed by atoms with Gasteiger partial charge in [-0.2, -0.15) is 0 Å². The largest absolute Gasteiger partial charge is 0.504 e. The van der Waals surface area contributed by atoms with E-state index < -0.39 is 35.2 Å². The minimum atomic E-state index is -1.45. The smallest absolute Gasteiger partial charge is 0.250 e. The van der Waals surface area contributed by atoms with Gasteiger partial charge in [0.05, 0.1) is 22.5 Å². The Labute approximate surface area is 200 Å². The maximum absolute atomic E-state index is 13.6. The number of anilines is 1. The number of ether oxygens (including phenoxy) is 1. The van der Waals surface area contributed by atoms with Crippen molar-refractivity contribution in [3.63, 3.8) is 0 Å². The van der Waals surface area contributed by atoms with Gasteiger partial charge in [-0.15, -0.1) is 0 Å². The predicted octanol–water partition coefficient (Wildman–Crippen LogP) is 1.75. The Hall–Kier alpha value is -3.14. The molecule has 0 unspecified atom stereocenters. The van der Waals surface area contributed by atoms with E-state index in [-0.39, 0.29) is 30.4 Å². The lowest BCUT2D eigenvalue weighted by Crippen LogP contribution is -2.53. The molecule has 0 aliphatic carbocycles. The van der Waals surface area contributed by atoms with E-state index >= 15 is 0 Å². The van der Waals surface area contributed by atoms with Crippen LogP contribution >= 0.6 is 11.6 Å². The fraction of sp³-hybridized carbons (Fsp3) is 0.375. The highest BCUT2D eigenvalue weighted by Gasteiger charge is 2.70. The Morgan fingerprint density at radius 1 is 1.12 bits per heavy atom. The fourth-order valence-electron chi connectivity index (χ4n) is 5.57. The molecule has 3 aliphatic heterocycles. The van der Waals surface area contributed by atoms with E-state index in [1.807, 2.05) is 0 Å². The number of hydrogen-bond acceptors (Lipinski definition) is 7. The molecule has 9 nitrogen and oxygen atoms in total. The zero-order chi connectivity index (χ0) is 24.2. The predicted molar refractivity (Wildman–Crippen MR) is 122 cm³/mol. The van der Waals surface area contributed by atoms with E-state index in [1.165, 1.54) is 17.0 Å². The number of rotatable bonds is 6. The summed E-state index contributed by atoms with van der Waals surface area (Å²) in [4.78, 5) is 41.8. The normalized spacial score (nSPS) is 27.4. The van der Waals surface area contributed by atoms with E-state index in [4.69, 9.17) is 16.3 Å². The summed E-state index contributed by atoms with van der Waals surface area (Å²) in [6, 6.07) is 8.94. The van der Waals surface area contributed by atoms with Crippen molar-refractivity contribution in [2.24, 2.45) is 11.8 Å². The summed E-state index contributed by atoms with van der Waals surface area (Å²) < 4.78 is 5.07. The lowest BCUT2D eigenvalue weighted by Gasteiger charge is -2.29. The molecule has 10 heteroatoms. The van der Waals surface area contributed by atoms with Crippen LogP contribution in [0.2, 0.25) is 5.02 Å². The monoisotopic (exact) mass is 485 g/mol. The number of aromatic hydroxyl groups is 2. The standard InChI is InChI=1S/C24H24ClN3O6/c1-34-9-3-8-28-21(31)18-15(10-12-6-7-16(29)17(30)11-12)27-24(19(18)22(28)32)13-4-2-5-14(25)20(13)26-23(24)33/h2,4-7,11,15,18-19,27,29-30H,3,8-10H2,1H3,(H,26,33)/t15-,18+,19-,24+/m0/s1. The summed E-state index contributed by atoms with van der Waals surface area (Å²) in [5.41, 5.74) is 0.167. The fourth-order valence-corrected chi connectivity index (χ4v) is 5.79. The second-order valence-corrected chi connectivity index (χ2v) is 9.29. The van der Waals surface area contributed by atoms with Crippen molar-refractivity contribution in [2.45, 2.75) is 24.4 Å². The number of nitrogens with one attached hydrogen (secondary N) is 2. The first-order valence-electron chi connectivity index (χ1n) is 11.0. The minimum absolute atomic E-state index is 0.200. The molecule has 2 fully saturated rings. The molecule has 2 aromatic rings. The minimum Gasteiger partial charge on any atom is -0.504 e. The SMILES string of the molecule is COCCCN1C(=O)[C@@H]2[C@H](Cc3ccc(O)c(O)c3)N[C@@]3(C(=O)Nc4c(Cl)cccc43)[C@@H]2C1=O. The first kappa shape index (κ1) is 22.6. The van der Waals surface area contributed by atoms with Crippen molar-refractivity contribution < 1.29 is 29.3 Å². The number of phenolic OH excluding ortho intramolecular Hbond substituents is 2. The number of phenols is 2. The number of nitrogens with zero attached hydrogens (tertiary/aromatic N) is 1. The molecule has 4 atom stereocenters. The number of imide groups is 1. The number of benzene rings is 2. The number of amides is 3. The molecular formula is C24H24ClN3O6. The van der Waals surface area contributed by atoms with Gasteiger partial charge in [0.2, 0.25) is 17.7 Å². The third-order valence-corrected chi connectivity index (χ3v) is 7.33. The van der Waals surface area contributed by atoms with Crippen molar-refractivity contribution >= 4 is 35.0 Å². The van der Waals surface area contributed by atoms with Gasteiger partial charge in [-0.1, -0.05) is 29.8 Å². The summed E-state index contributed by atoms with van der Waals surface area (Å²) in [5, 5.41) is 26.1. The van der Waals surface area contributed by atoms with Crippen LogP contribution in [0.5, 0.6) is 11.5 Å². The number of fused-ring (bicyclic) bond motifs is 4. The molecule has 3 aliphatic rings. The van der Waals surface area contributed by atoms with Crippen LogP contribution in [-0.2, 0) is 31.1 Å². The van der Waals surface area contributed by atoms with Crippen molar-refractivity contribution in [1.29, 1.82) is 0 Å². The molecule has 3 heterocycles. The lowest BCUT2D eigenvalue weighted by molar-refractivity contribution is -0.143. The van der Waals surface area contributed by atoms with Gasteiger partial charge < -0.3 is 20.3 Å². The van der Waals surface area contributed by atoms with Gasteiger partial charge in [0, 0.05) is 31.9 Å². The third kappa shape index (κ3) is 3.19. The quantitative estimate of drug-likeness (QED) is 0.279. The first-order chi connectivity index (χ1) is 16.3. The molecule has 0 aromatic heterocycles. The number of methoxy groups -OCH3 is 1. The average Bonchev–Trinajstić information content (AvgIpc) is 3.38. The Morgan fingerprint density at radius 3 is 2.65 bits per heavy atom. The van der Waals surface area contributed by atoms with Crippen molar-refractivity contribution in [1.82, 2.24) is 10.2 Å². The molecule has 1 spiro atoms. The number of halogens is 1. The summed E-state index contributed by atoms with van der Waals surface area (Å²) in [6.07, 6.45) is 0.740. The number of likely N-dealkylation sites (tertiary alicyclic amines) is 1. The van der Waals surface area contributed by atoms with Crippen LogP contribution in [0.1, 0.15) is 17.5 Å². The van der Waals surface area contributed by atoms with Crippen molar-refractivity contribution in [3.05, 3.63) is 52.5 Å². The highest BCUT2D eigenvalue weighted by Crippen LogP contribution is 2.54. The highest BCUT2D eigenvalue weighted by molar-refractivity contribution is 6.35. The summed E-state index contributed by atoms with van der Waals surface area (Å²) >= 11 is 6.35. The molecule has 178 valence electrons. The maximum Gasteiger partial charge on any atom is 0.250 e. The summed E-state index contributed by atoms with van der Waals surface area (Å²) in [6.45, 7) is 0.594. The number of carbonyl (C=O) groups is 3. The topological polar surface area (TPSA) is 128 Å². The summed E-state index contributed by atoms with van der Waals surface area (Å²) in [7, 11) is 1.55. The molecule has 0 bridgehead atoms.